The van der Waals surface area contributed by atoms with Crippen molar-refractivity contribution in [2.45, 2.75) is 37.1 Å². The monoisotopic (exact) mass is 479 g/mol. The second kappa shape index (κ2) is 9.73. The number of aliphatic hydroxyl groups is 1. The second-order valence-corrected chi connectivity index (χ2v) is 9.08. The van der Waals surface area contributed by atoms with Crippen LogP contribution in [0.2, 0.25) is 0 Å². The van der Waals surface area contributed by atoms with Gasteiger partial charge in [0.25, 0.3) is 0 Å². The van der Waals surface area contributed by atoms with Crippen LogP contribution in [0.25, 0.3) is 11.0 Å². The first-order valence-electron chi connectivity index (χ1n) is 11.6. The molecular formula is C27H27F2N3O3. The van der Waals surface area contributed by atoms with E-state index >= 15 is 0 Å². The van der Waals surface area contributed by atoms with Gasteiger partial charge in [-0.05, 0) is 53.1 Å². The van der Waals surface area contributed by atoms with Gasteiger partial charge >= 0.3 is 5.69 Å². The molecule has 3 N–H and O–H groups in total. The largest absolute Gasteiger partial charge is 0.391 e. The molecule has 1 saturated heterocycles. The minimum Gasteiger partial charge on any atom is -0.391 e. The Labute approximate surface area is 201 Å². The van der Waals surface area contributed by atoms with E-state index in [2.05, 4.69) is 10.3 Å². The number of nitrogens with zero attached hydrogens (tertiary/aromatic N) is 1. The highest BCUT2D eigenvalue weighted by Crippen LogP contribution is 2.35. The van der Waals surface area contributed by atoms with Crippen molar-refractivity contribution in [1.29, 1.82) is 0 Å². The molecule has 0 aliphatic carbocycles. The molecule has 8 heteroatoms. The van der Waals surface area contributed by atoms with Crippen LogP contribution in [0.4, 0.5) is 8.78 Å². The first-order valence-corrected chi connectivity index (χ1v) is 11.6. The summed E-state index contributed by atoms with van der Waals surface area (Å²) in [6, 6.07) is 17.9. The average Bonchev–Trinajstić information content (AvgIpc) is 3.14. The van der Waals surface area contributed by atoms with Crippen LogP contribution in [0.5, 0.6) is 0 Å². The molecule has 3 aromatic carbocycles. The number of aliphatic hydroxyl groups excluding tert-OH is 1. The molecule has 1 aliphatic rings. The van der Waals surface area contributed by atoms with Gasteiger partial charge < -0.3 is 20.1 Å². The Morgan fingerprint density at radius 3 is 2.29 bits per heavy atom. The number of H-pyrrole nitrogens is 1. The molecule has 1 aromatic heterocycles. The fourth-order valence-electron chi connectivity index (χ4n) is 4.84. The number of fused-ring (bicyclic) bond motifs is 1. The normalized spacial score (nSPS) is 20.5. The van der Waals surface area contributed by atoms with Crippen molar-refractivity contribution in [3.8, 4) is 0 Å². The molecule has 0 bridgehead atoms. The van der Waals surface area contributed by atoms with Crippen LogP contribution < -0.4 is 11.0 Å². The number of hydrogen-bond acceptors (Lipinski definition) is 4. The van der Waals surface area contributed by atoms with E-state index in [0.717, 1.165) is 27.7 Å². The molecule has 35 heavy (non-hydrogen) atoms. The Kier molecular flexibility index (Phi) is 6.51. The number of benzene rings is 3. The van der Waals surface area contributed by atoms with Crippen molar-refractivity contribution in [2.24, 2.45) is 7.05 Å². The first-order chi connectivity index (χ1) is 16.9. The highest BCUT2D eigenvalue weighted by atomic mass is 19.1. The van der Waals surface area contributed by atoms with Crippen molar-refractivity contribution in [3.63, 3.8) is 0 Å². The van der Waals surface area contributed by atoms with E-state index in [1.54, 1.807) is 35.9 Å². The molecule has 0 spiro atoms. The van der Waals surface area contributed by atoms with Crippen molar-refractivity contribution in [3.05, 3.63) is 106 Å². The predicted molar refractivity (Wildman–Crippen MR) is 129 cm³/mol. The van der Waals surface area contributed by atoms with E-state index < -0.39 is 6.10 Å². The van der Waals surface area contributed by atoms with Gasteiger partial charge in [0.2, 0.25) is 0 Å². The first kappa shape index (κ1) is 23.4. The lowest BCUT2D eigenvalue weighted by atomic mass is 9.82. The minimum atomic E-state index is -0.669. The fraction of sp³-hybridized carbons (Fsp3) is 0.296. The zero-order chi connectivity index (χ0) is 24.5. The molecule has 0 saturated carbocycles. The Morgan fingerprint density at radius 1 is 1.06 bits per heavy atom. The smallest absolute Gasteiger partial charge is 0.326 e. The van der Waals surface area contributed by atoms with Gasteiger partial charge in [-0.3, -0.25) is 4.57 Å². The lowest BCUT2D eigenvalue weighted by molar-refractivity contribution is -0.0718. The summed E-state index contributed by atoms with van der Waals surface area (Å²) in [7, 11) is 1.72. The zero-order valence-corrected chi connectivity index (χ0v) is 19.2. The maximum Gasteiger partial charge on any atom is 0.326 e. The third-order valence-electron chi connectivity index (χ3n) is 6.80. The third-order valence-corrected chi connectivity index (χ3v) is 6.80. The Balaban J connectivity index is 1.29. The predicted octanol–water partition coefficient (Wildman–Crippen LogP) is 3.58. The highest BCUT2D eigenvalue weighted by Gasteiger charge is 2.35. The number of hydrogen-bond donors (Lipinski definition) is 3. The molecule has 6 nitrogen and oxygen atoms in total. The van der Waals surface area contributed by atoms with Crippen LogP contribution in [0.3, 0.4) is 0 Å². The Hall–Kier alpha value is -3.33. The fourth-order valence-corrected chi connectivity index (χ4v) is 4.84. The molecule has 1 aliphatic heterocycles. The van der Waals surface area contributed by atoms with Gasteiger partial charge in [-0.15, -0.1) is 0 Å². The summed E-state index contributed by atoms with van der Waals surface area (Å²) < 4.78 is 34.9. The quantitative estimate of drug-likeness (QED) is 0.395. The third kappa shape index (κ3) is 4.91. The summed E-state index contributed by atoms with van der Waals surface area (Å²) in [5, 5.41) is 14.3. The van der Waals surface area contributed by atoms with E-state index in [1.165, 1.54) is 24.3 Å². The molecule has 2 heterocycles. The van der Waals surface area contributed by atoms with Gasteiger partial charge in [-0.25, -0.2) is 13.6 Å². The number of aromatic nitrogens is 2. The number of imidazole rings is 1. The highest BCUT2D eigenvalue weighted by molar-refractivity contribution is 5.75. The van der Waals surface area contributed by atoms with Crippen LogP contribution >= 0.6 is 0 Å². The summed E-state index contributed by atoms with van der Waals surface area (Å²) >= 11 is 0. The summed E-state index contributed by atoms with van der Waals surface area (Å²) in [5.41, 5.74) is 4.08. The van der Waals surface area contributed by atoms with Crippen LogP contribution in [-0.2, 0) is 18.3 Å². The maximum atomic E-state index is 13.5. The number of aromatic amines is 1. The number of rotatable bonds is 6. The minimum absolute atomic E-state index is 0.163. The zero-order valence-electron chi connectivity index (χ0n) is 19.2. The van der Waals surface area contributed by atoms with E-state index in [-0.39, 0.29) is 42.0 Å². The van der Waals surface area contributed by atoms with Crippen molar-refractivity contribution in [2.75, 3.05) is 6.61 Å². The van der Waals surface area contributed by atoms with Gasteiger partial charge in [-0.1, -0.05) is 30.3 Å². The summed E-state index contributed by atoms with van der Waals surface area (Å²) in [6.07, 6.45) is -0.663. The van der Waals surface area contributed by atoms with E-state index in [9.17, 15) is 18.7 Å². The lowest BCUT2D eigenvalue weighted by Gasteiger charge is -2.38. The molecule has 1 fully saturated rings. The maximum absolute atomic E-state index is 13.5. The van der Waals surface area contributed by atoms with Gasteiger partial charge in [-0.2, -0.15) is 0 Å². The van der Waals surface area contributed by atoms with E-state index in [1.807, 2.05) is 18.2 Å². The lowest BCUT2D eigenvalue weighted by Crippen LogP contribution is -2.50. The molecule has 0 amide bonds. The van der Waals surface area contributed by atoms with E-state index in [0.29, 0.717) is 13.0 Å². The van der Waals surface area contributed by atoms with Gasteiger partial charge in [0.1, 0.15) is 11.6 Å². The summed E-state index contributed by atoms with van der Waals surface area (Å²) in [5.74, 6) is -0.944. The number of halogens is 2. The van der Waals surface area contributed by atoms with Gasteiger partial charge in [0.15, 0.2) is 0 Å². The topological polar surface area (TPSA) is 79.3 Å². The van der Waals surface area contributed by atoms with Crippen LogP contribution in [0.15, 0.2) is 71.5 Å². The molecule has 3 atom stereocenters. The van der Waals surface area contributed by atoms with Gasteiger partial charge in [0.05, 0.1) is 35.9 Å². The van der Waals surface area contributed by atoms with Crippen molar-refractivity contribution >= 4 is 11.0 Å². The van der Waals surface area contributed by atoms with Crippen LogP contribution in [-0.4, -0.2) is 39.5 Å². The SMILES string of the molecule is Cn1c(=O)[nH]c2cc(CN[C@@H]3CO[C@H](C(c4ccc(F)cc4)c4ccc(F)cc4)C[C@@H]3O)ccc21. The standard InChI is InChI=1S/C27H27F2N3O3/c1-32-23-11-2-16(12-21(23)31-27(32)34)14-30-22-15-35-25(13-24(22)33)26(17-3-7-19(28)8-4-17)18-5-9-20(29)10-6-18/h2-12,22,24-26,30,33H,13-15H2,1H3,(H,31,34)/t22-,24+,25+/m1/s1. The molecule has 0 unspecified atom stereocenters. The second-order valence-electron chi connectivity index (χ2n) is 9.08. The average molecular weight is 480 g/mol. The molecular weight excluding hydrogens is 452 g/mol. The Morgan fingerprint density at radius 2 is 1.69 bits per heavy atom. The van der Waals surface area contributed by atoms with Gasteiger partial charge in [0, 0.05) is 25.9 Å². The van der Waals surface area contributed by atoms with Crippen LogP contribution in [0.1, 0.15) is 29.0 Å². The molecule has 4 aromatic rings. The number of aryl methyl sites for hydroxylation is 1. The van der Waals surface area contributed by atoms with Crippen molar-refractivity contribution in [1.82, 2.24) is 14.9 Å². The molecule has 5 rings (SSSR count). The summed E-state index contributed by atoms with van der Waals surface area (Å²) in [4.78, 5) is 14.7. The van der Waals surface area contributed by atoms with Crippen LogP contribution in [0, 0.1) is 11.6 Å². The van der Waals surface area contributed by atoms with E-state index in [4.69, 9.17) is 4.74 Å². The molecule has 0 radical (unpaired) electrons. The summed E-state index contributed by atoms with van der Waals surface area (Å²) in [6.45, 7) is 0.789. The number of ether oxygens (including phenoxy) is 1. The number of nitrogens with one attached hydrogen (secondary N) is 2. The van der Waals surface area contributed by atoms with Crippen molar-refractivity contribution < 1.29 is 18.6 Å². The molecule has 182 valence electrons. The Bertz CT molecular complexity index is 1320.